The van der Waals surface area contributed by atoms with Gasteiger partial charge in [0.2, 0.25) is 0 Å². The molecule has 1 aliphatic heterocycles. The fourth-order valence-electron chi connectivity index (χ4n) is 2.35. The molecular formula is C12H15N3S2. The predicted octanol–water partition coefficient (Wildman–Crippen LogP) is 2.53. The molecule has 2 N–H and O–H groups in total. The van der Waals surface area contributed by atoms with Crippen molar-refractivity contribution in [2.45, 2.75) is 12.8 Å². The number of aromatic nitrogens is 1. The standard InChI is InChI=1S/C12H15N3S2/c1-2-5-15-6-3-8-9(4-7-15)16-11-10(8)17-12(13)14-11/h2H,1,3-7H2,(H2,13,14). The van der Waals surface area contributed by atoms with E-state index in [-0.39, 0.29) is 0 Å². The second kappa shape index (κ2) is 4.40. The summed E-state index contributed by atoms with van der Waals surface area (Å²) >= 11 is 3.46. The number of nitrogens with two attached hydrogens (primary N) is 1. The normalized spacial score (nSPS) is 16.9. The van der Waals surface area contributed by atoms with E-state index in [1.807, 2.05) is 17.4 Å². The highest BCUT2D eigenvalue weighted by Gasteiger charge is 2.20. The van der Waals surface area contributed by atoms with Gasteiger partial charge in [-0.25, -0.2) is 4.98 Å². The molecule has 0 unspecified atom stereocenters. The van der Waals surface area contributed by atoms with Crippen molar-refractivity contribution >= 4 is 37.3 Å². The third kappa shape index (κ3) is 1.99. The first-order chi connectivity index (χ1) is 8.28. The Kier molecular flexibility index (Phi) is 2.90. The molecule has 1 aliphatic rings. The van der Waals surface area contributed by atoms with Crippen LogP contribution in [0.15, 0.2) is 12.7 Å². The van der Waals surface area contributed by atoms with Crippen molar-refractivity contribution in [3.63, 3.8) is 0 Å². The third-order valence-corrected chi connectivity index (χ3v) is 5.42. The van der Waals surface area contributed by atoms with Gasteiger partial charge in [0.15, 0.2) is 5.13 Å². The van der Waals surface area contributed by atoms with Crippen molar-refractivity contribution in [1.29, 1.82) is 0 Å². The Morgan fingerprint density at radius 3 is 3.00 bits per heavy atom. The van der Waals surface area contributed by atoms with Crippen LogP contribution in [0.4, 0.5) is 5.13 Å². The molecule has 3 heterocycles. The van der Waals surface area contributed by atoms with Gasteiger partial charge in [0, 0.05) is 24.5 Å². The molecule has 2 aromatic heterocycles. The third-order valence-electron chi connectivity index (χ3n) is 3.16. The highest BCUT2D eigenvalue weighted by molar-refractivity contribution is 7.29. The highest BCUT2D eigenvalue weighted by Crippen LogP contribution is 2.37. The molecule has 0 radical (unpaired) electrons. The second-order valence-electron chi connectivity index (χ2n) is 4.28. The van der Waals surface area contributed by atoms with E-state index in [1.54, 1.807) is 11.3 Å². The number of nitrogen functional groups attached to an aromatic ring is 1. The van der Waals surface area contributed by atoms with Crippen molar-refractivity contribution in [1.82, 2.24) is 9.88 Å². The molecule has 2 aromatic rings. The zero-order valence-corrected chi connectivity index (χ0v) is 11.2. The number of hydrogen-bond acceptors (Lipinski definition) is 5. The molecule has 0 atom stereocenters. The molecular weight excluding hydrogens is 250 g/mol. The summed E-state index contributed by atoms with van der Waals surface area (Å²) in [6.45, 7) is 7.04. The minimum atomic E-state index is 0.696. The molecule has 0 saturated carbocycles. The highest BCUT2D eigenvalue weighted by atomic mass is 32.1. The summed E-state index contributed by atoms with van der Waals surface area (Å²) in [6, 6.07) is 0. The van der Waals surface area contributed by atoms with Gasteiger partial charge in [0.05, 0.1) is 4.70 Å². The molecule has 0 aliphatic carbocycles. The van der Waals surface area contributed by atoms with Crippen LogP contribution in [0.1, 0.15) is 10.4 Å². The Bertz CT molecular complexity index is 555. The lowest BCUT2D eigenvalue weighted by molar-refractivity contribution is 0.319. The van der Waals surface area contributed by atoms with Gasteiger partial charge in [-0.15, -0.1) is 17.9 Å². The van der Waals surface area contributed by atoms with E-state index in [1.165, 1.54) is 15.1 Å². The average molecular weight is 265 g/mol. The molecule has 0 fully saturated rings. The smallest absolute Gasteiger partial charge is 0.181 e. The maximum absolute atomic E-state index is 5.77. The fraction of sp³-hybridized carbons (Fsp3) is 0.417. The van der Waals surface area contributed by atoms with Crippen molar-refractivity contribution in [3.8, 4) is 0 Å². The molecule has 0 saturated heterocycles. The van der Waals surface area contributed by atoms with Crippen molar-refractivity contribution in [3.05, 3.63) is 23.1 Å². The minimum Gasteiger partial charge on any atom is -0.375 e. The molecule has 5 heteroatoms. The summed E-state index contributed by atoms with van der Waals surface area (Å²) in [5.41, 5.74) is 7.26. The van der Waals surface area contributed by atoms with E-state index in [0.29, 0.717) is 5.13 Å². The van der Waals surface area contributed by atoms with Crippen molar-refractivity contribution in [2.75, 3.05) is 25.4 Å². The molecule has 0 bridgehead atoms. The maximum Gasteiger partial charge on any atom is 0.181 e. The van der Waals surface area contributed by atoms with Crippen LogP contribution in [0.5, 0.6) is 0 Å². The molecule has 0 aromatic carbocycles. The zero-order valence-electron chi connectivity index (χ0n) is 9.61. The van der Waals surface area contributed by atoms with Gasteiger partial charge < -0.3 is 5.73 Å². The van der Waals surface area contributed by atoms with E-state index < -0.39 is 0 Å². The van der Waals surface area contributed by atoms with Crippen LogP contribution in [0.2, 0.25) is 0 Å². The van der Waals surface area contributed by atoms with E-state index in [0.717, 1.165) is 37.3 Å². The van der Waals surface area contributed by atoms with Crippen LogP contribution < -0.4 is 5.73 Å². The first-order valence-electron chi connectivity index (χ1n) is 5.77. The number of nitrogens with zero attached hydrogens (tertiary/aromatic N) is 2. The molecule has 3 rings (SSSR count). The lowest BCUT2D eigenvalue weighted by Crippen LogP contribution is -2.26. The van der Waals surface area contributed by atoms with Gasteiger partial charge in [-0.05, 0) is 18.4 Å². The van der Waals surface area contributed by atoms with Gasteiger partial charge in [0.25, 0.3) is 0 Å². The zero-order chi connectivity index (χ0) is 11.8. The molecule has 0 spiro atoms. The number of hydrogen-bond donors (Lipinski definition) is 1. The largest absolute Gasteiger partial charge is 0.375 e. The van der Waals surface area contributed by atoms with Crippen LogP contribution >= 0.6 is 22.7 Å². The SMILES string of the molecule is C=CCN1CCc2sc3nc(N)sc3c2CC1. The van der Waals surface area contributed by atoms with Crippen LogP contribution in [0, 0.1) is 0 Å². The summed E-state index contributed by atoms with van der Waals surface area (Å²) in [5.74, 6) is 0. The quantitative estimate of drug-likeness (QED) is 0.848. The van der Waals surface area contributed by atoms with Crippen LogP contribution in [-0.4, -0.2) is 29.5 Å². The van der Waals surface area contributed by atoms with Crippen LogP contribution in [0.25, 0.3) is 9.53 Å². The van der Waals surface area contributed by atoms with Crippen LogP contribution in [-0.2, 0) is 12.8 Å². The fourth-order valence-corrected chi connectivity index (χ4v) is 4.66. The van der Waals surface area contributed by atoms with Gasteiger partial charge >= 0.3 is 0 Å². The molecule has 17 heavy (non-hydrogen) atoms. The Morgan fingerprint density at radius 2 is 2.18 bits per heavy atom. The van der Waals surface area contributed by atoms with E-state index in [4.69, 9.17) is 5.73 Å². The lowest BCUT2D eigenvalue weighted by atomic mass is 10.2. The van der Waals surface area contributed by atoms with E-state index in [9.17, 15) is 0 Å². The number of rotatable bonds is 2. The maximum atomic E-state index is 5.77. The molecule has 0 amide bonds. The molecule has 90 valence electrons. The minimum absolute atomic E-state index is 0.696. The number of thiazole rings is 1. The topological polar surface area (TPSA) is 42.2 Å². The summed E-state index contributed by atoms with van der Waals surface area (Å²) in [5, 5.41) is 0.696. The summed E-state index contributed by atoms with van der Waals surface area (Å²) < 4.78 is 1.32. The Labute approximate surface area is 109 Å². The Balaban J connectivity index is 1.93. The van der Waals surface area contributed by atoms with Crippen molar-refractivity contribution in [2.24, 2.45) is 0 Å². The molecule has 3 nitrogen and oxygen atoms in total. The lowest BCUT2D eigenvalue weighted by Gasteiger charge is -2.16. The number of thiophene rings is 1. The van der Waals surface area contributed by atoms with E-state index >= 15 is 0 Å². The van der Waals surface area contributed by atoms with Gasteiger partial charge in [-0.3, -0.25) is 4.90 Å². The monoisotopic (exact) mass is 265 g/mol. The van der Waals surface area contributed by atoms with Gasteiger partial charge in [-0.1, -0.05) is 17.4 Å². The van der Waals surface area contributed by atoms with E-state index in [2.05, 4.69) is 16.5 Å². The Morgan fingerprint density at radius 1 is 1.35 bits per heavy atom. The average Bonchev–Trinajstić information content (AvgIpc) is 2.71. The summed E-state index contributed by atoms with van der Waals surface area (Å²) in [7, 11) is 0. The summed E-state index contributed by atoms with van der Waals surface area (Å²) in [4.78, 5) is 9.48. The number of fused-ring (bicyclic) bond motifs is 3. The predicted molar refractivity (Wildman–Crippen MR) is 76.0 cm³/mol. The Hall–Kier alpha value is -0.910. The first-order valence-corrected chi connectivity index (χ1v) is 7.41. The number of anilines is 1. The second-order valence-corrected chi connectivity index (χ2v) is 6.39. The van der Waals surface area contributed by atoms with Crippen LogP contribution in [0.3, 0.4) is 0 Å². The van der Waals surface area contributed by atoms with Crippen molar-refractivity contribution < 1.29 is 0 Å². The van der Waals surface area contributed by atoms with Gasteiger partial charge in [-0.2, -0.15) is 0 Å². The summed E-state index contributed by atoms with van der Waals surface area (Å²) in [6.07, 6.45) is 4.24. The first kappa shape index (κ1) is 11.2. The van der Waals surface area contributed by atoms with Gasteiger partial charge in [0.1, 0.15) is 4.83 Å².